The molecule has 0 saturated carbocycles. The van der Waals surface area contributed by atoms with Crippen LogP contribution < -0.4 is 4.74 Å². The quantitative estimate of drug-likeness (QED) is 0.870. The molecule has 1 aromatic heterocycles. The fourth-order valence-electron chi connectivity index (χ4n) is 1.60. The highest BCUT2D eigenvalue weighted by Crippen LogP contribution is 2.14. The van der Waals surface area contributed by atoms with Crippen LogP contribution in [0.5, 0.6) is 5.75 Å². The maximum atomic E-state index is 10.5. The van der Waals surface area contributed by atoms with Gasteiger partial charge in [0.25, 0.3) is 0 Å². The van der Waals surface area contributed by atoms with Crippen LogP contribution in [0.4, 0.5) is 0 Å². The molecule has 0 radical (unpaired) electrons. The van der Waals surface area contributed by atoms with Crippen molar-refractivity contribution in [3.63, 3.8) is 0 Å². The largest absolute Gasteiger partial charge is 0.493 e. The number of carboxylic acid groups (broad SMARTS) is 1. The summed E-state index contributed by atoms with van der Waals surface area (Å²) in [6, 6.07) is 11.3. The number of rotatable bonds is 6. The lowest BCUT2D eigenvalue weighted by Crippen LogP contribution is -2.01. The summed E-state index contributed by atoms with van der Waals surface area (Å²) in [6.45, 7) is 0.638. The maximum Gasteiger partial charge on any atom is 0.307 e. The molecule has 18 heavy (non-hydrogen) atoms. The third kappa shape index (κ3) is 3.89. The van der Waals surface area contributed by atoms with Crippen LogP contribution in [-0.2, 0) is 17.6 Å². The van der Waals surface area contributed by atoms with Gasteiger partial charge in [0.05, 0.1) is 13.0 Å². The van der Waals surface area contributed by atoms with E-state index in [0.29, 0.717) is 6.61 Å². The van der Waals surface area contributed by atoms with Crippen molar-refractivity contribution in [2.45, 2.75) is 12.8 Å². The smallest absolute Gasteiger partial charge is 0.307 e. The highest BCUT2D eigenvalue weighted by Gasteiger charge is 2.01. The van der Waals surface area contributed by atoms with Gasteiger partial charge in [-0.25, -0.2) is 0 Å². The van der Waals surface area contributed by atoms with E-state index in [4.69, 9.17) is 9.84 Å². The molecule has 0 saturated heterocycles. The average molecular weight is 262 g/mol. The Morgan fingerprint density at radius 1 is 1.22 bits per heavy atom. The first-order chi connectivity index (χ1) is 8.74. The zero-order chi connectivity index (χ0) is 12.8. The summed E-state index contributed by atoms with van der Waals surface area (Å²) in [4.78, 5) is 11.8. The van der Waals surface area contributed by atoms with Gasteiger partial charge in [0, 0.05) is 11.3 Å². The van der Waals surface area contributed by atoms with Crippen molar-refractivity contribution >= 4 is 17.3 Å². The number of thiophene rings is 1. The van der Waals surface area contributed by atoms with Crippen LogP contribution in [0.2, 0.25) is 0 Å². The lowest BCUT2D eigenvalue weighted by atomic mass is 10.1. The van der Waals surface area contributed by atoms with Gasteiger partial charge in [0.2, 0.25) is 0 Å². The Labute approximate surface area is 110 Å². The van der Waals surface area contributed by atoms with Crippen molar-refractivity contribution in [1.82, 2.24) is 0 Å². The zero-order valence-corrected chi connectivity index (χ0v) is 10.7. The molecule has 0 fully saturated rings. The van der Waals surface area contributed by atoms with Crippen molar-refractivity contribution in [2.75, 3.05) is 6.61 Å². The molecular weight excluding hydrogens is 248 g/mol. The van der Waals surface area contributed by atoms with Gasteiger partial charge in [-0.3, -0.25) is 4.79 Å². The van der Waals surface area contributed by atoms with Crippen molar-refractivity contribution in [2.24, 2.45) is 0 Å². The molecule has 2 aromatic rings. The molecule has 4 heteroatoms. The Kier molecular flexibility index (Phi) is 4.36. The summed E-state index contributed by atoms with van der Waals surface area (Å²) in [5, 5.41) is 10.7. The minimum Gasteiger partial charge on any atom is -0.493 e. The Bertz CT molecular complexity index is 488. The van der Waals surface area contributed by atoms with Gasteiger partial charge in [-0.15, -0.1) is 11.3 Å². The Morgan fingerprint density at radius 2 is 2.00 bits per heavy atom. The third-order valence-corrected chi connectivity index (χ3v) is 3.41. The van der Waals surface area contributed by atoms with Crippen LogP contribution in [0.25, 0.3) is 0 Å². The molecule has 0 aliphatic rings. The number of carboxylic acids is 1. The number of hydrogen-bond acceptors (Lipinski definition) is 3. The molecular formula is C14H14O3S. The van der Waals surface area contributed by atoms with E-state index in [9.17, 15) is 4.79 Å². The minimum atomic E-state index is -0.818. The summed E-state index contributed by atoms with van der Waals surface area (Å²) < 4.78 is 5.60. The minimum absolute atomic E-state index is 0.0511. The first-order valence-electron chi connectivity index (χ1n) is 5.70. The van der Waals surface area contributed by atoms with E-state index in [1.807, 2.05) is 18.2 Å². The lowest BCUT2D eigenvalue weighted by molar-refractivity contribution is -0.136. The second-order valence-electron chi connectivity index (χ2n) is 3.89. The zero-order valence-electron chi connectivity index (χ0n) is 9.83. The number of hydrogen-bond donors (Lipinski definition) is 1. The number of carbonyl (C=O) groups is 1. The Morgan fingerprint density at radius 3 is 2.61 bits per heavy atom. The fraction of sp³-hybridized carbons (Fsp3) is 0.214. The van der Waals surface area contributed by atoms with Crippen molar-refractivity contribution in [3.8, 4) is 5.75 Å². The maximum absolute atomic E-state index is 10.5. The van der Waals surface area contributed by atoms with Gasteiger partial charge >= 0.3 is 5.97 Å². The van der Waals surface area contributed by atoms with Gasteiger partial charge in [0.15, 0.2) is 0 Å². The molecule has 2 rings (SSSR count). The summed E-state index contributed by atoms with van der Waals surface area (Å²) in [7, 11) is 0. The molecule has 0 amide bonds. The molecule has 94 valence electrons. The molecule has 3 nitrogen and oxygen atoms in total. The first-order valence-corrected chi connectivity index (χ1v) is 6.58. The van der Waals surface area contributed by atoms with E-state index in [-0.39, 0.29) is 6.42 Å². The summed E-state index contributed by atoms with van der Waals surface area (Å²) in [5.41, 5.74) is 0.785. The van der Waals surface area contributed by atoms with Gasteiger partial charge in [-0.1, -0.05) is 18.2 Å². The van der Waals surface area contributed by atoms with Crippen LogP contribution in [-0.4, -0.2) is 17.7 Å². The van der Waals surface area contributed by atoms with E-state index in [2.05, 4.69) is 11.4 Å². The van der Waals surface area contributed by atoms with Crippen LogP contribution in [0, 0.1) is 0 Å². The SMILES string of the molecule is O=C(O)Cc1ccc(OCCc2cccs2)cc1. The topological polar surface area (TPSA) is 46.5 Å². The standard InChI is InChI=1S/C14H14O3S/c15-14(16)10-11-3-5-12(6-4-11)17-8-7-13-2-1-9-18-13/h1-6,9H,7-8,10H2,(H,15,16). The van der Waals surface area contributed by atoms with Crippen LogP contribution in [0.15, 0.2) is 41.8 Å². The summed E-state index contributed by atoms with van der Waals surface area (Å²) in [6.07, 6.45) is 0.948. The molecule has 0 aliphatic carbocycles. The highest BCUT2D eigenvalue weighted by molar-refractivity contribution is 7.09. The monoisotopic (exact) mass is 262 g/mol. The predicted octanol–water partition coefficient (Wildman–Crippen LogP) is 3.00. The van der Waals surface area contributed by atoms with Crippen molar-refractivity contribution < 1.29 is 14.6 Å². The lowest BCUT2D eigenvalue weighted by Gasteiger charge is -2.05. The first kappa shape index (κ1) is 12.6. The van der Waals surface area contributed by atoms with Crippen molar-refractivity contribution in [1.29, 1.82) is 0 Å². The van der Waals surface area contributed by atoms with E-state index >= 15 is 0 Å². The van der Waals surface area contributed by atoms with Gasteiger partial charge < -0.3 is 9.84 Å². The molecule has 1 heterocycles. The fourth-order valence-corrected chi connectivity index (χ4v) is 2.29. The Balaban J connectivity index is 1.81. The molecule has 0 atom stereocenters. The summed E-state index contributed by atoms with van der Waals surface area (Å²) >= 11 is 1.72. The van der Waals surface area contributed by atoms with E-state index in [0.717, 1.165) is 17.7 Å². The van der Waals surface area contributed by atoms with E-state index in [1.165, 1.54) is 4.88 Å². The molecule has 1 N–H and O–H groups in total. The number of ether oxygens (including phenoxy) is 1. The van der Waals surface area contributed by atoms with Gasteiger partial charge in [0.1, 0.15) is 5.75 Å². The molecule has 0 spiro atoms. The van der Waals surface area contributed by atoms with Crippen LogP contribution in [0.3, 0.4) is 0 Å². The number of benzene rings is 1. The molecule has 1 aromatic carbocycles. The predicted molar refractivity (Wildman–Crippen MR) is 71.3 cm³/mol. The highest BCUT2D eigenvalue weighted by atomic mass is 32.1. The van der Waals surface area contributed by atoms with E-state index < -0.39 is 5.97 Å². The van der Waals surface area contributed by atoms with E-state index in [1.54, 1.807) is 23.5 Å². The normalized spacial score (nSPS) is 10.2. The van der Waals surface area contributed by atoms with Gasteiger partial charge in [-0.2, -0.15) is 0 Å². The Hall–Kier alpha value is -1.81. The van der Waals surface area contributed by atoms with Crippen molar-refractivity contribution in [3.05, 3.63) is 52.2 Å². The molecule has 0 bridgehead atoms. The average Bonchev–Trinajstić information content (AvgIpc) is 2.84. The number of aliphatic carboxylic acids is 1. The second kappa shape index (κ2) is 6.21. The van der Waals surface area contributed by atoms with Crippen LogP contribution >= 0.6 is 11.3 Å². The summed E-state index contributed by atoms with van der Waals surface area (Å²) in [5.74, 6) is -0.0398. The molecule has 0 unspecified atom stereocenters. The molecule has 0 aliphatic heterocycles. The second-order valence-corrected chi connectivity index (χ2v) is 4.92. The van der Waals surface area contributed by atoms with Crippen LogP contribution in [0.1, 0.15) is 10.4 Å². The third-order valence-electron chi connectivity index (χ3n) is 2.48. The van der Waals surface area contributed by atoms with Gasteiger partial charge in [-0.05, 0) is 29.1 Å².